The van der Waals surface area contributed by atoms with E-state index >= 15 is 0 Å². The molecule has 5 N–H and O–H groups in total. The normalized spacial score (nSPS) is 31.2. The minimum atomic E-state index is -4.81. The lowest BCUT2D eigenvalue weighted by atomic mass is 10.0. The average Bonchev–Trinajstić information content (AvgIpc) is 3.24. The van der Waals surface area contributed by atoms with Crippen LogP contribution in [0.25, 0.3) is 0 Å². The summed E-state index contributed by atoms with van der Waals surface area (Å²) in [6, 6.07) is 0.152. The van der Waals surface area contributed by atoms with E-state index in [0.717, 1.165) is 18.6 Å². The Morgan fingerprint density at radius 1 is 1.24 bits per heavy atom. The number of nitrogens with one attached hydrogen (secondary N) is 4. The molecule has 1 unspecified atom stereocenters. The molecule has 3 aliphatic heterocycles. The highest BCUT2D eigenvalue weighted by Gasteiger charge is 2.56. The maximum Gasteiger partial charge on any atom is 0.315 e. The number of thioether (sulfide) groups is 1. The number of amides is 5. The van der Waals surface area contributed by atoms with Crippen LogP contribution in [-0.2, 0) is 24.5 Å². The first kappa shape index (κ1) is 21.8. The summed E-state index contributed by atoms with van der Waals surface area (Å²) in [5, 5.41) is 10.5. The topological polar surface area (TPSA) is 171 Å². The molecule has 3 aliphatic rings. The molecule has 11 nitrogen and oxygen atoms in total. The van der Waals surface area contributed by atoms with Gasteiger partial charge < -0.3 is 16.0 Å². The quantitative estimate of drug-likeness (QED) is 0.128. The van der Waals surface area contributed by atoms with Gasteiger partial charge in [0.1, 0.15) is 0 Å². The number of hydrogen-bond acceptors (Lipinski definition) is 7. The molecule has 0 saturated carbocycles. The van der Waals surface area contributed by atoms with E-state index in [4.69, 9.17) is 0 Å². The summed E-state index contributed by atoms with van der Waals surface area (Å²) < 4.78 is 30.4. The van der Waals surface area contributed by atoms with Crippen molar-refractivity contribution in [3.05, 3.63) is 0 Å². The van der Waals surface area contributed by atoms with Gasteiger partial charge in [0.2, 0.25) is 11.8 Å². The van der Waals surface area contributed by atoms with E-state index in [0.29, 0.717) is 11.7 Å². The van der Waals surface area contributed by atoms with E-state index < -0.39 is 33.1 Å². The zero-order chi connectivity index (χ0) is 21.2. The summed E-state index contributed by atoms with van der Waals surface area (Å²) in [4.78, 5) is 46.5. The number of urea groups is 1. The van der Waals surface area contributed by atoms with Crippen molar-refractivity contribution in [2.24, 2.45) is 0 Å². The second kappa shape index (κ2) is 8.48. The predicted molar refractivity (Wildman–Crippen MR) is 104 cm³/mol. The van der Waals surface area contributed by atoms with Gasteiger partial charge in [0.25, 0.3) is 16.0 Å². The Hall–Kier alpha value is -1.86. The van der Waals surface area contributed by atoms with Gasteiger partial charge >= 0.3 is 6.03 Å². The molecular weight excluding hydrogens is 424 g/mol. The fourth-order valence-corrected chi connectivity index (χ4v) is 6.43. The Balaban J connectivity index is 1.36. The van der Waals surface area contributed by atoms with Gasteiger partial charge in [-0.2, -0.15) is 20.2 Å². The van der Waals surface area contributed by atoms with E-state index in [1.54, 1.807) is 11.8 Å². The molecule has 0 aromatic carbocycles. The lowest BCUT2D eigenvalue weighted by molar-refractivity contribution is -0.126. The van der Waals surface area contributed by atoms with Crippen molar-refractivity contribution < 1.29 is 32.1 Å². The Morgan fingerprint density at radius 3 is 2.66 bits per heavy atom. The molecule has 0 spiro atoms. The highest BCUT2D eigenvalue weighted by molar-refractivity contribution is 8.00. The standard InChI is InChI=1S/C16H24N4O7S2/c21-11(4-2-1-3-10-13-9(8-28-10)18-15(24)20-13)17-6-5-16(29(25,26)27)7-12(22)19-14(16)23/h9-10,13H,1-8H2,(H,17,21)(H2,18,20,24)(H,19,22,23)(H,25,26,27)/t9-,10-,13-,16?/m0/s1. The number of unbranched alkanes of at least 4 members (excludes halogenated alkanes) is 1. The third kappa shape index (κ3) is 4.67. The second-order valence-corrected chi connectivity index (χ2v) is 10.5. The zero-order valence-electron chi connectivity index (χ0n) is 15.6. The molecule has 0 radical (unpaired) electrons. The molecule has 13 heteroatoms. The van der Waals surface area contributed by atoms with Gasteiger partial charge in [-0.3, -0.25) is 24.3 Å². The summed E-state index contributed by atoms with van der Waals surface area (Å²) in [6.07, 6.45) is 1.49. The van der Waals surface area contributed by atoms with E-state index in [1.165, 1.54) is 0 Å². The SMILES string of the molecule is O=C(CCCC[C@@H]1SC[C@@H]2NC(=O)N[C@@H]21)NCCC1(S(=O)(=O)O)CC(=O)NC1=O. The van der Waals surface area contributed by atoms with Gasteiger partial charge in [0.05, 0.1) is 18.5 Å². The van der Waals surface area contributed by atoms with Crippen LogP contribution in [0.1, 0.15) is 38.5 Å². The first-order valence-corrected chi connectivity index (χ1v) is 11.9. The van der Waals surface area contributed by atoms with Crippen LogP contribution in [0, 0.1) is 0 Å². The summed E-state index contributed by atoms with van der Waals surface area (Å²) in [5.74, 6) is -1.27. The van der Waals surface area contributed by atoms with Crippen molar-refractivity contribution in [1.29, 1.82) is 0 Å². The number of fused-ring (bicyclic) bond motifs is 1. The Labute approximate surface area is 172 Å². The maximum atomic E-state index is 12.0. The van der Waals surface area contributed by atoms with Gasteiger partial charge in [-0.05, 0) is 19.3 Å². The van der Waals surface area contributed by atoms with Gasteiger partial charge in [0.15, 0.2) is 4.75 Å². The molecule has 162 valence electrons. The van der Waals surface area contributed by atoms with Crippen molar-refractivity contribution in [1.82, 2.24) is 21.3 Å². The first-order valence-electron chi connectivity index (χ1n) is 9.39. The van der Waals surface area contributed by atoms with Crippen molar-refractivity contribution in [3.63, 3.8) is 0 Å². The van der Waals surface area contributed by atoms with Crippen LogP contribution in [0.3, 0.4) is 0 Å². The van der Waals surface area contributed by atoms with E-state index in [-0.39, 0.29) is 43.4 Å². The van der Waals surface area contributed by atoms with Crippen LogP contribution < -0.4 is 21.3 Å². The van der Waals surface area contributed by atoms with Crippen LogP contribution in [0.15, 0.2) is 0 Å². The molecule has 3 fully saturated rings. The highest BCUT2D eigenvalue weighted by atomic mass is 32.2. The molecule has 0 aromatic heterocycles. The van der Waals surface area contributed by atoms with Crippen LogP contribution in [0.5, 0.6) is 0 Å². The van der Waals surface area contributed by atoms with Crippen LogP contribution in [0.2, 0.25) is 0 Å². The fraction of sp³-hybridized carbons (Fsp3) is 0.750. The zero-order valence-corrected chi connectivity index (χ0v) is 17.2. The van der Waals surface area contributed by atoms with E-state index in [1.807, 2.05) is 5.32 Å². The second-order valence-electron chi connectivity index (χ2n) is 7.49. The minimum absolute atomic E-state index is 0.123. The summed E-state index contributed by atoms with van der Waals surface area (Å²) in [7, 11) is -4.81. The fourth-order valence-electron chi connectivity index (χ4n) is 3.93. The Bertz CT molecular complexity index is 818. The van der Waals surface area contributed by atoms with Crippen molar-refractivity contribution in [2.75, 3.05) is 12.3 Å². The van der Waals surface area contributed by atoms with Gasteiger partial charge in [-0.15, -0.1) is 0 Å². The Morgan fingerprint density at radius 2 is 2.00 bits per heavy atom. The van der Waals surface area contributed by atoms with Gasteiger partial charge in [-0.1, -0.05) is 6.42 Å². The number of hydrogen-bond donors (Lipinski definition) is 5. The molecule has 29 heavy (non-hydrogen) atoms. The molecule has 0 aromatic rings. The molecule has 3 saturated heterocycles. The van der Waals surface area contributed by atoms with Gasteiger partial charge in [-0.25, -0.2) is 4.79 Å². The smallest absolute Gasteiger partial charge is 0.315 e. The lowest BCUT2D eigenvalue weighted by Gasteiger charge is -2.21. The maximum absolute atomic E-state index is 12.0. The largest absolute Gasteiger partial charge is 0.356 e. The number of carbonyl (C=O) groups excluding carboxylic acids is 4. The Kier molecular flexibility index (Phi) is 6.39. The third-order valence-corrected chi connectivity index (χ3v) is 8.57. The molecule has 0 bridgehead atoms. The average molecular weight is 449 g/mol. The predicted octanol–water partition coefficient (Wildman–Crippen LogP) is -1.11. The van der Waals surface area contributed by atoms with Crippen LogP contribution in [-0.4, -0.2) is 71.1 Å². The number of imide groups is 1. The molecule has 5 amide bonds. The lowest BCUT2D eigenvalue weighted by Crippen LogP contribution is -2.47. The van der Waals surface area contributed by atoms with Crippen molar-refractivity contribution in [3.8, 4) is 0 Å². The molecule has 3 heterocycles. The molecule has 3 rings (SSSR count). The van der Waals surface area contributed by atoms with Crippen molar-refractivity contribution in [2.45, 2.75) is 60.6 Å². The van der Waals surface area contributed by atoms with Crippen LogP contribution in [0.4, 0.5) is 4.79 Å². The monoisotopic (exact) mass is 448 g/mol. The molecule has 0 aliphatic carbocycles. The molecular formula is C16H24N4O7S2. The minimum Gasteiger partial charge on any atom is -0.356 e. The first-order chi connectivity index (χ1) is 13.6. The third-order valence-electron chi connectivity index (χ3n) is 5.54. The van der Waals surface area contributed by atoms with E-state index in [2.05, 4.69) is 16.0 Å². The molecule has 4 atom stereocenters. The highest BCUT2D eigenvalue weighted by Crippen LogP contribution is 2.33. The van der Waals surface area contributed by atoms with Crippen LogP contribution >= 0.6 is 11.8 Å². The summed E-state index contributed by atoms with van der Waals surface area (Å²) >= 11 is 1.80. The number of carbonyl (C=O) groups is 4. The summed E-state index contributed by atoms with van der Waals surface area (Å²) in [6.45, 7) is -0.154. The number of rotatable bonds is 9. The summed E-state index contributed by atoms with van der Waals surface area (Å²) in [5.41, 5.74) is 0. The van der Waals surface area contributed by atoms with Gasteiger partial charge in [0, 0.05) is 24.0 Å². The van der Waals surface area contributed by atoms with Crippen molar-refractivity contribution >= 4 is 45.6 Å². The van der Waals surface area contributed by atoms with E-state index in [9.17, 15) is 32.1 Å².